The molecule has 5 N–H and O–H groups in total. The predicted molar refractivity (Wildman–Crippen MR) is 592 cm³/mol. The average molecular weight is 2150 g/mol. The van der Waals surface area contributed by atoms with Gasteiger partial charge in [-0.3, -0.25) is 14.4 Å². The number of alkyl halides is 1. The van der Waals surface area contributed by atoms with Crippen molar-refractivity contribution in [3.05, 3.63) is 7.43 Å². The molecule has 0 saturated heterocycles. The van der Waals surface area contributed by atoms with Gasteiger partial charge in [-0.05, 0) is 385 Å². The van der Waals surface area contributed by atoms with Crippen molar-refractivity contribution in [1.82, 2.24) is 0 Å². The number of ether oxygens (including phenoxy) is 1. The van der Waals surface area contributed by atoms with E-state index in [1.165, 1.54) is 198 Å². The summed E-state index contributed by atoms with van der Waals surface area (Å²) in [6, 6.07) is 0. The second-order valence-corrected chi connectivity index (χ2v) is 54.5. The molecule has 16 rings (SSSR count). The monoisotopic (exact) mass is 2140 g/mol. The number of hydrogen-bond donors (Lipinski definition) is 5. The topological polar surface area (TPSA) is 179 Å². The number of aliphatic hydroxyl groups excluding tert-OH is 5. The van der Waals surface area contributed by atoms with Gasteiger partial charge in [-0.2, -0.15) is 0 Å². The summed E-state index contributed by atoms with van der Waals surface area (Å²) < 4.78 is 12.9. The largest absolute Gasteiger partial charge is 2.00 e. The van der Waals surface area contributed by atoms with Crippen LogP contribution in [0.2, 0.25) is 0 Å². The number of aliphatic hydroxyl groups is 5. The van der Waals surface area contributed by atoms with E-state index in [1.54, 1.807) is 0 Å². The molecule has 16 aliphatic carbocycles. The fraction of sp³-hybridized carbons (Fsp3) is 0.957. The van der Waals surface area contributed by atoms with Crippen molar-refractivity contribution in [1.29, 1.82) is 1.28 Å². The van der Waals surface area contributed by atoms with Crippen LogP contribution < -0.4 is 17.0 Å². The Morgan fingerprint density at radius 1 is 0.440 bits per heavy atom. The zero-order chi connectivity index (χ0) is 97.0. The minimum absolute atomic E-state index is 0. The number of Topliss-reactive ketones (excluding diaryl/α,β-unsaturated/α-hetero) is 2. The Balaban J connectivity index is 0.000000514. The van der Waals surface area contributed by atoms with Gasteiger partial charge < -0.3 is 59.5 Å². The first kappa shape index (κ1) is 130. The van der Waals surface area contributed by atoms with Gasteiger partial charge in [0.15, 0.2) is 18.8 Å². The van der Waals surface area contributed by atoms with E-state index in [4.69, 9.17) is 6.02 Å². The quantitative estimate of drug-likeness (QED) is 0.0178. The maximum absolute atomic E-state index is 11.9. The van der Waals surface area contributed by atoms with Crippen LogP contribution in [0.25, 0.3) is 0 Å². The fourth-order valence-electron chi connectivity index (χ4n) is 35.4. The number of carbonyl (C=O) groups excluding carboxylic acids is 4. The van der Waals surface area contributed by atoms with Crippen molar-refractivity contribution >= 4 is 106 Å². The summed E-state index contributed by atoms with van der Waals surface area (Å²) in [4.78, 5) is 45.6. The van der Waals surface area contributed by atoms with Crippen molar-refractivity contribution in [2.75, 3.05) is 37.6 Å². The van der Waals surface area contributed by atoms with Crippen LogP contribution >= 0.6 is 47.1 Å². The maximum atomic E-state index is 11.9. The van der Waals surface area contributed by atoms with Gasteiger partial charge in [-0.25, -0.2) is 0 Å². The Hall–Kier alpha value is 1.64. The van der Waals surface area contributed by atoms with Gasteiger partial charge in [0, 0.05) is 55.2 Å². The van der Waals surface area contributed by atoms with E-state index >= 15 is 0 Å². The van der Waals surface area contributed by atoms with E-state index < -0.39 is 6.99 Å². The smallest absolute Gasteiger partial charge is 1.00 e. The van der Waals surface area contributed by atoms with Crippen molar-refractivity contribution in [2.24, 2.45) is 203 Å². The van der Waals surface area contributed by atoms with Gasteiger partial charge in [0.25, 0.3) is 0 Å². The molecule has 0 heterocycles. The molecule has 0 bridgehead atoms. The molecular weight excluding hydrogens is 1920 g/mol. The van der Waals surface area contributed by atoms with Gasteiger partial charge in [0.2, 0.25) is 0 Å². The van der Waals surface area contributed by atoms with E-state index in [-0.39, 0.29) is 109 Å². The SMILES string of the molecule is C.C.CC(=O)OC[C@@H](C)C1CCC2C(O)CCC[C@@]21C.CC1CCC[C@@]2(C)C1CCC2[C@H](C)CI.CC1CCC[C@@]2(C)C1CCC2[C@H](C)CO.CC[C@@H](C)C1CCC2C(=O)CCC[C@@]21C.CC[C@@H](C)C1CCC2C(C)CCC[C@@]21C.CC[C@@H](C)C1CCC2C(O)CCC[C@@]21C.CPC.C[C@H](C=O)C1CCC2C(=O)CCC[C@@]21C.C[C@H](CO)C1CCC2C(O)CCC[C@@]21C.[3H][P+](P)=S.[Br-].[CH3-].[Mg+2]. The van der Waals surface area contributed by atoms with Gasteiger partial charge in [0.05, 0.1) is 33.8 Å². The average Bonchev–Trinajstić information content (AvgIpc) is 1.63. The van der Waals surface area contributed by atoms with Crippen molar-refractivity contribution in [3.63, 3.8) is 0 Å². The van der Waals surface area contributed by atoms with Crippen LogP contribution in [0.15, 0.2) is 0 Å². The van der Waals surface area contributed by atoms with Crippen LogP contribution in [0, 0.1) is 211 Å². The third-order valence-electron chi connectivity index (χ3n) is 43.0. The summed E-state index contributed by atoms with van der Waals surface area (Å²) in [6.07, 6.45) is 55.2. The molecule has 0 aromatic rings. The van der Waals surface area contributed by atoms with Gasteiger partial charge in [0.1, 0.15) is 17.9 Å². The zero-order valence-electron chi connectivity index (χ0n) is 91.3. The summed E-state index contributed by atoms with van der Waals surface area (Å²) in [5.41, 5.74) is 3.40. The summed E-state index contributed by atoms with van der Waals surface area (Å²) >= 11 is 6.89. The number of halogens is 2. The molecule has 16 fully saturated rings. The molecule has 0 aromatic heterocycles. The van der Waals surface area contributed by atoms with Crippen LogP contribution in [0.5, 0.6) is 0 Å². The standard InChI is InChI=1S/C15H26O3.C15H28.C14H25I.2C14H26O.C14H24O.C13H24O2.C13H20O2.C2H7P.2CH4.CH3.BrH.Mg.H2P2S/c1-10(9-18-11(2)16)12-6-7-13-14(17)5-4-8-15(12,13)3;1-5-11(2)13-8-9-14-12(3)7-6-10-15(13,14)4;2*1-10-5-4-8-14(3)12(10)6-7-13(14)11(2)9-15;2*1-4-10(2)11-7-8-12-13(15)6-5-9-14(11,12)3;2*1-9(8-14)10-5-6-11-12(15)4-3-7-13(10,11)2;1-3-2;;;;;;1-2-3/h10,12-14,17H,4-9H2,1-3H3;11-14H,5-10H2,1-4H3;10-13H,4-9H2,1-3H3;2*10-13,15H,4-9H2,1-3H3;10-12H,4-9H2,1-3H3;9-12,14-15H,3-8H2,1-2H3;8-11H,3-7H2,1-2H3;3H,1-2H3;2*1H4;1H3;1H;;1H2/q;;;;;;;;;;;-1;;+2;/t10-,12?,13?,14?,15-;11-,12?,13?,14?,15-;2*10?,11-,12?,13?,14+;10-,11?,12?,13?,14-;10-,11?,12?,14-;9-,10?,11?,12?,13-;9-,10?,11?,13-;;;;;;;/m11111111......./s1/i/hT. The Bertz CT molecular complexity index is 3130. The Morgan fingerprint density at radius 2 is 0.672 bits per heavy atom. The van der Waals surface area contributed by atoms with E-state index in [2.05, 4.69) is 202 Å². The summed E-state index contributed by atoms with van der Waals surface area (Å²) in [5.74, 6) is 20.0. The summed E-state index contributed by atoms with van der Waals surface area (Å²) in [6.45, 7) is 58.3. The molecule has 10 nitrogen and oxygen atoms in total. The molecule has 0 aromatic carbocycles. The Morgan fingerprint density at radius 3 is 0.948 bits per heavy atom. The number of carbonyl (C=O) groups is 4. The molecular formula is C117H220BrIMgO10P3S+. The van der Waals surface area contributed by atoms with E-state index in [9.17, 15) is 44.7 Å². The number of hydrogen-bond acceptors (Lipinski definition) is 11. The van der Waals surface area contributed by atoms with Crippen molar-refractivity contribution in [2.45, 2.75) is 469 Å². The van der Waals surface area contributed by atoms with Crippen LogP contribution in [0.4, 0.5) is 0 Å². The molecule has 0 radical (unpaired) electrons. The van der Waals surface area contributed by atoms with Crippen LogP contribution in [-0.4, -0.2) is 130 Å². The molecule has 134 heavy (non-hydrogen) atoms. The molecule has 40 atom stereocenters. The first-order valence-electron chi connectivity index (χ1n) is 55.4. The normalized spacial score (nSPS) is 42.2. The molecule has 16 aliphatic rings. The Labute approximate surface area is 882 Å². The first-order chi connectivity index (χ1) is 61.2. The minimum atomic E-state index is -0.870. The molecule has 0 spiro atoms. The van der Waals surface area contributed by atoms with Crippen molar-refractivity contribution in [3.8, 4) is 0 Å². The molecule has 24 unspecified atom stereocenters. The van der Waals surface area contributed by atoms with E-state index in [0.29, 0.717) is 123 Å². The predicted octanol–water partition coefficient (Wildman–Crippen LogP) is 28.4. The van der Waals surface area contributed by atoms with E-state index in [0.717, 1.165) is 194 Å². The number of rotatable bonds is 17. The molecule has 0 aliphatic heterocycles. The zero-order valence-corrected chi connectivity index (χ0v) is 99.3. The maximum Gasteiger partial charge on any atom is 2.00 e. The van der Waals surface area contributed by atoms with Crippen LogP contribution in [0.1, 0.15) is 450 Å². The Kier molecular flexibility index (Phi) is 58.4. The number of esters is 1. The number of fused-ring (bicyclic) bond motifs is 8. The second-order valence-electron chi connectivity index (χ2n) is 49.9. The van der Waals surface area contributed by atoms with Crippen molar-refractivity contribution < 1.29 is 66.4 Å². The van der Waals surface area contributed by atoms with Crippen LogP contribution in [-0.2, 0) is 35.7 Å². The second kappa shape index (κ2) is 60.3. The molecule has 0 amide bonds. The summed E-state index contributed by atoms with van der Waals surface area (Å²) in [5, 5.41) is 49.0. The van der Waals surface area contributed by atoms with Gasteiger partial charge in [-0.1, -0.05) is 267 Å². The van der Waals surface area contributed by atoms with Gasteiger partial charge in [-0.15, -0.1) is 8.58 Å². The fourth-order valence-corrected chi connectivity index (χ4v) is 36.0. The van der Waals surface area contributed by atoms with Crippen LogP contribution in [0.3, 0.4) is 0 Å². The molecule has 784 valence electrons. The third-order valence-corrected chi connectivity index (χ3v) is 44.3. The first-order valence-corrected chi connectivity index (χ1v) is 62.1. The third kappa shape index (κ3) is 30.7. The molecule has 17 heteroatoms. The number of ketones is 2. The van der Waals surface area contributed by atoms with E-state index in [1.807, 2.05) is 6.92 Å². The minimum Gasteiger partial charge on any atom is -1.00 e. The van der Waals surface area contributed by atoms with Gasteiger partial charge >= 0.3 is 30.3 Å². The number of aldehydes is 1. The molecule has 16 saturated carbocycles. The summed E-state index contributed by atoms with van der Waals surface area (Å²) in [7, 11) is 3.29.